The number of esters is 1. The van der Waals surface area contributed by atoms with Crippen molar-refractivity contribution in [3.8, 4) is 0 Å². The third-order valence-electron chi connectivity index (χ3n) is 4.51. The van der Waals surface area contributed by atoms with E-state index in [2.05, 4.69) is 21.2 Å². The van der Waals surface area contributed by atoms with Crippen LogP contribution in [0.15, 0.2) is 46.9 Å². The highest BCUT2D eigenvalue weighted by atomic mass is 79.9. The number of nitrogens with zero attached hydrogens (tertiary/aromatic N) is 1. The number of hydrogen-bond donors (Lipinski definition) is 2. The molecule has 2 unspecified atom stereocenters. The van der Waals surface area contributed by atoms with Gasteiger partial charge in [0.2, 0.25) is 5.91 Å². The van der Waals surface area contributed by atoms with E-state index >= 15 is 0 Å². The first-order chi connectivity index (χ1) is 13.4. The maximum Gasteiger partial charge on any atom is 0.309 e. The molecule has 0 radical (unpaired) electrons. The summed E-state index contributed by atoms with van der Waals surface area (Å²) in [6, 6.07) is 11.8. The normalized spacial score (nSPS) is 17.6. The number of nitro benzene ring substituents is 1. The van der Waals surface area contributed by atoms with Crippen LogP contribution in [-0.2, 0) is 9.53 Å². The Labute approximate surface area is 169 Å². The fourth-order valence-corrected chi connectivity index (χ4v) is 3.41. The molecule has 9 heteroatoms. The van der Waals surface area contributed by atoms with Crippen LogP contribution in [-0.4, -0.2) is 30.0 Å². The molecular weight excluding hydrogens is 430 g/mol. The lowest BCUT2D eigenvalue weighted by molar-refractivity contribution is -0.384. The first-order valence-electron chi connectivity index (χ1n) is 8.61. The molecule has 1 aliphatic carbocycles. The largest absolute Gasteiger partial charge is 0.464 e. The molecule has 0 spiro atoms. The van der Waals surface area contributed by atoms with Crippen molar-refractivity contribution in [1.29, 1.82) is 0 Å². The molecule has 1 aliphatic rings. The highest BCUT2D eigenvalue weighted by Crippen LogP contribution is 2.48. The molecule has 8 nitrogen and oxygen atoms in total. The lowest BCUT2D eigenvalue weighted by atomic mass is 10.1. The van der Waals surface area contributed by atoms with E-state index in [-0.39, 0.29) is 47.9 Å². The van der Waals surface area contributed by atoms with Gasteiger partial charge in [-0.25, -0.2) is 0 Å². The third kappa shape index (κ3) is 4.66. The van der Waals surface area contributed by atoms with Gasteiger partial charge in [-0.3, -0.25) is 19.7 Å². The molecule has 1 amide bonds. The van der Waals surface area contributed by atoms with Crippen molar-refractivity contribution in [3.63, 3.8) is 0 Å². The van der Waals surface area contributed by atoms with Crippen LogP contribution in [0.3, 0.4) is 0 Å². The van der Waals surface area contributed by atoms with Gasteiger partial charge in [-0.2, -0.15) is 0 Å². The molecule has 1 saturated carbocycles. The van der Waals surface area contributed by atoms with Gasteiger partial charge in [0.1, 0.15) is 12.3 Å². The van der Waals surface area contributed by atoms with Crippen molar-refractivity contribution in [2.45, 2.75) is 12.3 Å². The Bertz CT molecular complexity index is 934. The van der Waals surface area contributed by atoms with E-state index in [1.54, 1.807) is 0 Å². The quantitative estimate of drug-likeness (QED) is 0.277. The average Bonchev–Trinajstić information content (AvgIpc) is 3.46. The summed E-state index contributed by atoms with van der Waals surface area (Å²) in [7, 11) is 0. The van der Waals surface area contributed by atoms with Crippen LogP contribution in [0.2, 0.25) is 0 Å². The Morgan fingerprint density at radius 3 is 2.75 bits per heavy atom. The van der Waals surface area contributed by atoms with Gasteiger partial charge in [0.05, 0.1) is 10.8 Å². The van der Waals surface area contributed by atoms with E-state index in [0.29, 0.717) is 0 Å². The fourth-order valence-electron chi connectivity index (χ4n) is 2.99. The lowest BCUT2D eigenvalue weighted by Gasteiger charge is -2.09. The number of hydrogen-bond acceptors (Lipinski definition) is 6. The smallest absolute Gasteiger partial charge is 0.309 e. The van der Waals surface area contributed by atoms with Gasteiger partial charge >= 0.3 is 5.97 Å². The second-order valence-electron chi connectivity index (χ2n) is 6.45. The molecule has 146 valence electrons. The number of benzene rings is 2. The number of halogens is 1. The minimum Gasteiger partial charge on any atom is -0.464 e. The molecule has 2 atom stereocenters. The Morgan fingerprint density at radius 2 is 2.07 bits per heavy atom. The zero-order valence-electron chi connectivity index (χ0n) is 14.8. The monoisotopic (exact) mass is 447 g/mol. The Balaban J connectivity index is 1.49. The summed E-state index contributed by atoms with van der Waals surface area (Å²) < 4.78 is 6.24. The van der Waals surface area contributed by atoms with Gasteiger partial charge < -0.3 is 15.8 Å². The highest BCUT2D eigenvalue weighted by molar-refractivity contribution is 9.10. The molecule has 1 fully saturated rings. The van der Waals surface area contributed by atoms with E-state index in [4.69, 9.17) is 10.5 Å². The van der Waals surface area contributed by atoms with E-state index in [0.717, 1.165) is 22.5 Å². The van der Waals surface area contributed by atoms with Crippen LogP contribution in [0.4, 0.5) is 11.4 Å². The number of rotatable bonds is 8. The highest BCUT2D eigenvalue weighted by Gasteiger charge is 2.45. The zero-order valence-corrected chi connectivity index (χ0v) is 16.3. The molecule has 3 N–H and O–H groups in total. The van der Waals surface area contributed by atoms with Gasteiger partial charge in [0.15, 0.2) is 0 Å². The third-order valence-corrected chi connectivity index (χ3v) is 5.00. The van der Waals surface area contributed by atoms with Crippen molar-refractivity contribution in [2.75, 3.05) is 18.5 Å². The molecular formula is C19H18BrN3O5. The number of carbonyl (C=O) groups is 2. The Morgan fingerprint density at radius 1 is 1.29 bits per heavy atom. The van der Waals surface area contributed by atoms with Gasteiger partial charge in [0, 0.05) is 22.6 Å². The second kappa shape index (κ2) is 8.39. The molecule has 0 aromatic heterocycles. The van der Waals surface area contributed by atoms with Crippen molar-refractivity contribution in [1.82, 2.24) is 0 Å². The number of nitrogens with two attached hydrogens (primary N) is 1. The standard InChI is InChI=1S/C19H18BrN3O5/c20-13-3-1-2-11(8-13)14-10-15(14)19(25)28-7-6-22-16-5-4-12(18(21)24)9-17(16)23(26)27/h1-5,8-9,14-15,22H,6-7,10H2,(H2,21,24). The molecule has 0 heterocycles. The van der Waals surface area contributed by atoms with Crippen molar-refractivity contribution >= 4 is 39.2 Å². The summed E-state index contributed by atoms with van der Waals surface area (Å²) >= 11 is 3.42. The van der Waals surface area contributed by atoms with Gasteiger partial charge in [-0.05, 0) is 42.2 Å². The minimum absolute atomic E-state index is 0.0519. The summed E-state index contributed by atoms with van der Waals surface area (Å²) in [4.78, 5) is 33.9. The number of primary amides is 1. The van der Waals surface area contributed by atoms with Crippen LogP contribution >= 0.6 is 15.9 Å². The summed E-state index contributed by atoms with van der Waals surface area (Å²) in [5.74, 6) is -1.00. The molecule has 2 aromatic carbocycles. The SMILES string of the molecule is NC(=O)c1ccc(NCCOC(=O)C2CC2c2cccc(Br)c2)c([N+](=O)[O-])c1. The van der Waals surface area contributed by atoms with E-state index < -0.39 is 10.8 Å². The van der Waals surface area contributed by atoms with E-state index in [1.165, 1.54) is 12.1 Å². The second-order valence-corrected chi connectivity index (χ2v) is 7.37. The van der Waals surface area contributed by atoms with E-state index in [9.17, 15) is 19.7 Å². The number of amides is 1. The van der Waals surface area contributed by atoms with Crippen molar-refractivity contribution in [3.05, 3.63) is 68.2 Å². The molecule has 0 saturated heterocycles. The maximum atomic E-state index is 12.2. The fraction of sp³-hybridized carbons (Fsp3) is 0.263. The summed E-state index contributed by atoms with van der Waals surface area (Å²) in [6.45, 7) is 0.284. The average molecular weight is 448 g/mol. The number of anilines is 1. The number of nitro groups is 1. The zero-order chi connectivity index (χ0) is 20.3. The Hall–Kier alpha value is -2.94. The van der Waals surface area contributed by atoms with Crippen LogP contribution in [0.5, 0.6) is 0 Å². The summed E-state index contributed by atoms with van der Waals surface area (Å²) in [6.07, 6.45) is 0.753. The first kappa shape index (κ1) is 19.8. The predicted molar refractivity (Wildman–Crippen MR) is 106 cm³/mol. The van der Waals surface area contributed by atoms with Gasteiger partial charge in [0.25, 0.3) is 5.69 Å². The van der Waals surface area contributed by atoms with Crippen LogP contribution in [0.25, 0.3) is 0 Å². The van der Waals surface area contributed by atoms with Crippen molar-refractivity contribution < 1.29 is 19.2 Å². The molecule has 0 aliphatic heterocycles. The topological polar surface area (TPSA) is 125 Å². The Kier molecular flexibility index (Phi) is 5.93. The minimum atomic E-state index is -0.743. The summed E-state index contributed by atoms with van der Waals surface area (Å²) in [5.41, 5.74) is 6.25. The number of ether oxygens (including phenoxy) is 1. The molecule has 0 bridgehead atoms. The van der Waals surface area contributed by atoms with Crippen LogP contribution in [0, 0.1) is 16.0 Å². The lowest BCUT2D eigenvalue weighted by Crippen LogP contribution is -2.16. The van der Waals surface area contributed by atoms with Gasteiger partial charge in [-0.15, -0.1) is 0 Å². The van der Waals surface area contributed by atoms with Gasteiger partial charge in [-0.1, -0.05) is 28.1 Å². The number of nitrogens with one attached hydrogen (secondary N) is 1. The molecule has 2 aromatic rings. The molecule has 28 heavy (non-hydrogen) atoms. The maximum absolute atomic E-state index is 12.2. The number of carbonyl (C=O) groups excluding carboxylic acids is 2. The van der Waals surface area contributed by atoms with E-state index in [1.807, 2.05) is 24.3 Å². The van der Waals surface area contributed by atoms with Crippen LogP contribution < -0.4 is 11.1 Å². The molecule has 3 rings (SSSR count). The predicted octanol–water partition coefficient (Wildman–Crippen LogP) is 3.22. The first-order valence-corrected chi connectivity index (χ1v) is 9.40. The van der Waals surface area contributed by atoms with Crippen molar-refractivity contribution in [2.24, 2.45) is 11.7 Å². The van der Waals surface area contributed by atoms with Crippen LogP contribution in [0.1, 0.15) is 28.3 Å². The summed E-state index contributed by atoms with van der Waals surface area (Å²) in [5, 5.41) is 14.0.